The van der Waals surface area contributed by atoms with Crippen LogP contribution in [0.4, 0.5) is 13.2 Å². The summed E-state index contributed by atoms with van der Waals surface area (Å²) in [7, 11) is 0. The summed E-state index contributed by atoms with van der Waals surface area (Å²) >= 11 is 0. The fourth-order valence-corrected chi connectivity index (χ4v) is 3.36. The van der Waals surface area contributed by atoms with E-state index in [4.69, 9.17) is 19.3 Å². The number of carbonyl (C=O) groups is 2. The predicted molar refractivity (Wildman–Crippen MR) is 129 cm³/mol. The Labute approximate surface area is 213 Å². The van der Waals surface area contributed by atoms with E-state index >= 15 is 0 Å². The third kappa shape index (κ3) is 9.59. The van der Waals surface area contributed by atoms with E-state index in [0.717, 1.165) is 0 Å². The lowest BCUT2D eigenvalue weighted by Crippen LogP contribution is -2.59. The Bertz CT molecular complexity index is 959. The van der Waals surface area contributed by atoms with E-state index < -0.39 is 36.7 Å². The number of amides is 2. The van der Waals surface area contributed by atoms with Gasteiger partial charge in [-0.05, 0) is 38.5 Å². The fourth-order valence-electron chi connectivity index (χ4n) is 3.36. The summed E-state index contributed by atoms with van der Waals surface area (Å²) in [5, 5.41) is 20.2. The Morgan fingerprint density at radius 1 is 1.27 bits per heavy atom. The van der Waals surface area contributed by atoms with Gasteiger partial charge in [0.2, 0.25) is 12.8 Å². The summed E-state index contributed by atoms with van der Waals surface area (Å²) in [6.45, 7) is 6.59. The van der Waals surface area contributed by atoms with Crippen molar-refractivity contribution in [3.8, 4) is 11.5 Å². The zero-order valence-corrected chi connectivity index (χ0v) is 20.7. The van der Waals surface area contributed by atoms with Gasteiger partial charge in [-0.1, -0.05) is 18.7 Å². The van der Waals surface area contributed by atoms with Crippen LogP contribution in [0.15, 0.2) is 48.2 Å². The van der Waals surface area contributed by atoms with Crippen LogP contribution in [0.3, 0.4) is 0 Å². The fraction of sp³-hybridized carbons (Fsp3) is 0.500. The van der Waals surface area contributed by atoms with Crippen molar-refractivity contribution in [3.63, 3.8) is 0 Å². The molecule has 2 unspecified atom stereocenters. The van der Waals surface area contributed by atoms with Crippen molar-refractivity contribution in [1.29, 1.82) is 0 Å². The Kier molecular flexibility index (Phi) is 11.2. The van der Waals surface area contributed by atoms with Crippen LogP contribution < -0.4 is 30.7 Å². The van der Waals surface area contributed by atoms with Crippen LogP contribution in [0.1, 0.15) is 20.3 Å². The molecule has 0 bridgehead atoms. The second-order valence-corrected chi connectivity index (χ2v) is 8.37. The minimum Gasteiger partial charge on any atom is -0.488 e. The van der Waals surface area contributed by atoms with E-state index in [1.807, 2.05) is 0 Å². The lowest BCUT2D eigenvalue weighted by molar-refractivity contribution is -0.153. The number of hydrogen-bond donors (Lipinski definition) is 5. The van der Waals surface area contributed by atoms with E-state index in [-0.39, 0.29) is 36.8 Å². The lowest BCUT2D eigenvalue weighted by Gasteiger charge is -2.39. The van der Waals surface area contributed by atoms with E-state index in [0.29, 0.717) is 25.1 Å². The molecule has 0 saturated heterocycles. The Morgan fingerprint density at radius 2 is 1.95 bits per heavy atom. The minimum absolute atomic E-state index is 0.0363. The van der Waals surface area contributed by atoms with Crippen LogP contribution in [0.5, 0.6) is 11.5 Å². The first-order valence-corrected chi connectivity index (χ1v) is 11.6. The summed E-state index contributed by atoms with van der Waals surface area (Å²) in [4.78, 5) is 23.9. The van der Waals surface area contributed by atoms with Crippen molar-refractivity contribution in [2.45, 2.75) is 44.4 Å². The molecule has 1 aliphatic rings. The van der Waals surface area contributed by atoms with E-state index in [9.17, 15) is 22.8 Å². The molecule has 0 fully saturated rings. The molecule has 37 heavy (non-hydrogen) atoms. The third-order valence-corrected chi connectivity index (χ3v) is 5.46. The number of aliphatic hydroxyl groups excluding tert-OH is 1. The highest BCUT2D eigenvalue weighted by Gasteiger charge is 2.36. The number of hydrogen-bond acceptors (Lipinski definition) is 8. The zero-order chi connectivity index (χ0) is 27.5. The molecule has 3 atom stereocenters. The monoisotopic (exact) mass is 530 g/mol. The van der Waals surface area contributed by atoms with Gasteiger partial charge in [-0.2, -0.15) is 13.2 Å². The first-order chi connectivity index (χ1) is 17.5. The van der Waals surface area contributed by atoms with Crippen LogP contribution in [0.25, 0.3) is 0 Å². The summed E-state index contributed by atoms with van der Waals surface area (Å²) in [5.74, 6) is -0.443. The lowest BCUT2D eigenvalue weighted by atomic mass is 9.90. The molecule has 2 rings (SSSR count). The average molecular weight is 531 g/mol. The molecule has 0 saturated carbocycles. The number of halogens is 3. The van der Waals surface area contributed by atoms with Gasteiger partial charge in [0.15, 0.2) is 18.1 Å². The summed E-state index contributed by atoms with van der Waals surface area (Å²) < 4.78 is 53.9. The van der Waals surface area contributed by atoms with Gasteiger partial charge in [-0.15, -0.1) is 0 Å². The molecule has 1 aromatic carbocycles. The molecular weight excluding hydrogens is 497 g/mol. The summed E-state index contributed by atoms with van der Waals surface area (Å²) in [5.41, 5.74) is -0.454. The number of nitrogens with one attached hydrogen (secondary N) is 4. The number of ether oxygens (including phenoxy) is 3. The van der Waals surface area contributed by atoms with Gasteiger partial charge in [0.25, 0.3) is 5.91 Å². The Morgan fingerprint density at radius 3 is 2.57 bits per heavy atom. The Hall–Kier alpha value is -3.29. The van der Waals surface area contributed by atoms with Gasteiger partial charge in [-0.25, -0.2) is 0 Å². The molecule has 13 heteroatoms. The molecule has 10 nitrogen and oxygen atoms in total. The topological polar surface area (TPSA) is 130 Å². The molecule has 1 aromatic rings. The standard InChI is InChI=1S/C24H33F3N4O6/c1-16(28-9-6-11-32)18-13-23(3,17(2)37-22(29-15-33)31-21(18)34)30-10-12-35-19-7-4-5-8-20(19)36-14-24(25,26)27/h4-5,7-8,13,15,17,22,28,30,32H,1,6,9-12,14H2,2-3H3,(H,29,33)(H,31,34)/b18-13+/t17-,22?,23?/m1/s1. The molecule has 1 aliphatic heterocycles. The first kappa shape index (κ1) is 29.9. The van der Waals surface area contributed by atoms with Gasteiger partial charge < -0.3 is 40.6 Å². The number of rotatable bonds is 14. The SMILES string of the molecule is C=C(NCCCO)/C1=C\C(C)(NCCOc2ccccc2OCC(F)(F)F)[C@@H](C)OC(NC=O)NC1=O. The molecular formula is C24H33F3N4O6. The van der Waals surface area contributed by atoms with Crippen molar-refractivity contribution in [3.05, 3.63) is 48.2 Å². The number of aliphatic hydroxyl groups is 1. The first-order valence-electron chi connectivity index (χ1n) is 11.6. The number of carbonyl (C=O) groups excluding carboxylic acids is 2. The quantitative estimate of drug-likeness (QED) is 0.180. The predicted octanol–water partition coefficient (Wildman–Crippen LogP) is 1.33. The van der Waals surface area contributed by atoms with Crippen LogP contribution in [0.2, 0.25) is 0 Å². The highest BCUT2D eigenvalue weighted by atomic mass is 19.4. The molecule has 206 valence electrons. The van der Waals surface area contributed by atoms with Crippen LogP contribution in [0, 0.1) is 0 Å². The second-order valence-electron chi connectivity index (χ2n) is 8.37. The number of alkyl halides is 3. The Balaban J connectivity index is 2.15. The number of para-hydroxylation sites is 2. The summed E-state index contributed by atoms with van der Waals surface area (Å²) in [6.07, 6.45) is -3.70. The van der Waals surface area contributed by atoms with Crippen LogP contribution in [-0.2, 0) is 14.3 Å². The molecule has 0 aromatic heterocycles. The third-order valence-electron chi connectivity index (χ3n) is 5.46. The van der Waals surface area contributed by atoms with Crippen LogP contribution in [-0.4, -0.2) is 74.5 Å². The van der Waals surface area contributed by atoms with Crippen LogP contribution >= 0.6 is 0 Å². The second kappa shape index (κ2) is 13.9. The largest absolute Gasteiger partial charge is 0.488 e. The van der Waals surface area contributed by atoms with E-state index in [1.54, 1.807) is 26.0 Å². The van der Waals surface area contributed by atoms with Crippen molar-refractivity contribution in [2.24, 2.45) is 0 Å². The highest BCUT2D eigenvalue weighted by molar-refractivity contribution is 5.98. The molecule has 2 amide bonds. The van der Waals surface area contributed by atoms with Crippen molar-refractivity contribution in [2.75, 3.05) is 32.9 Å². The molecule has 5 N–H and O–H groups in total. The normalized spacial score (nSPS) is 23.5. The van der Waals surface area contributed by atoms with Gasteiger partial charge in [-0.3, -0.25) is 9.59 Å². The molecule has 0 aliphatic carbocycles. The maximum absolute atomic E-state index is 12.9. The summed E-state index contributed by atoms with van der Waals surface area (Å²) in [6, 6.07) is 6.02. The molecule has 0 spiro atoms. The van der Waals surface area contributed by atoms with E-state index in [2.05, 4.69) is 27.8 Å². The highest BCUT2D eigenvalue weighted by Crippen LogP contribution is 2.28. The van der Waals surface area contributed by atoms with Gasteiger partial charge in [0, 0.05) is 25.4 Å². The number of benzene rings is 1. The van der Waals surface area contributed by atoms with Gasteiger partial charge in [0.05, 0.1) is 17.2 Å². The van der Waals surface area contributed by atoms with Crippen molar-refractivity contribution >= 4 is 12.3 Å². The maximum atomic E-state index is 12.9. The van der Waals surface area contributed by atoms with Gasteiger partial charge >= 0.3 is 6.18 Å². The maximum Gasteiger partial charge on any atom is 0.422 e. The van der Waals surface area contributed by atoms with Gasteiger partial charge in [0.1, 0.15) is 6.61 Å². The molecule has 0 radical (unpaired) electrons. The van der Waals surface area contributed by atoms with E-state index in [1.165, 1.54) is 18.2 Å². The van der Waals surface area contributed by atoms with Crippen molar-refractivity contribution in [1.82, 2.24) is 21.3 Å². The minimum atomic E-state index is -4.48. The average Bonchev–Trinajstić information content (AvgIpc) is 2.83. The zero-order valence-electron chi connectivity index (χ0n) is 20.7. The smallest absolute Gasteiger partial charge is 0.422 e. The molecule has 1 heterocycles. The van der Waals surface area contributed by atoms with Crippen molar-refractivity contribution < 1.29 is 42.1 Å².